The van der Waals surface area contributed by atoms with E-state index in [0.717, 1.165) is 0 Å². The number of carbonyl (C=O) groups is 1. The Kier molecular flexibility index (Phi) is 4.83. The minimum atomic E-state index is -0.390. The van der Waals surface area contributed by atoms with Crippen LogP contribution in [0.3, 0.4) is 0 Å². The van der Waals surface area contributed by atoms with Crippen molar-refractivity contribution < 1.29 is 9.18 Å². The highest BCUT2D eigenvalue weighted by molar-refractivity contribution is 7.99. The number of aromatic nitrogens is 3. The lowest BCUT2D eigenvalue weighted by Gasteiger charge is -2.13. The summed E-state index contributed by atoms with van der Waals surface area (Å²) in [5.74, 6) is -0.326. The molecule has 0 saturated carbocycles. The van der Waals surface area contributed by atoms with Crippen LogP contribution >= 0.6 is 11.8 Å². The van der Waals surface area contributed by atoms with Gasteiger partial charge in [-0.25, -0.2) is 9.37 Å². The molecule has 0 radical (unpaired) electrons. The Bertz CT molecular complexity index is 1230. The molecule has 5 nitrogen and oxygen atoms in total. The Morgan fingerprint density at radius 1 is 1.07 bits per heavy atom. The summed E-state index contributed by atoms with van der Waals surface area (Å²) in [6.07, 6.45) is 1.81. The van der Waals surface area contributed by atoms with E-state index < -0.39 is 5.82 Å². The molecule has 0 aliphatic heterocycles. The highest BCUT2D eigenvalue weighted by Gasteiger charge is 2.16. The summed E-state index contributed by atoms with van der Waals surface area (Å²) in [7, 11) is 1.81. The Morgan fingerprint density at radius 3 is 2.54 bits per heavy atom. The summed E-state index contributed by atoms with van der Waals surface area (Å²) < 4.78 is 16.5. The molecule has 0 N–H and O–H groups in total. The van der Waals surface area contributed by atoms with Crippen LogP contribution in [0.15, 0.2) is 76.8 Å². The topological polar surface area (TPSA) is 56.9 Å². The molecule has 2 heterocycles. The number of halogens is 1. The van der Waals surface area contributed by atoms with Crippen LogP contribution in [0.4, 0.5) is 4.39 Å². The number of hydrogen-bond acceptors (Lipinski definition) is 4. The van der Waals surface area contributed by atoms with Crippen LogP contribution in [-0.4, -0.2) is 25.7 Å². The third-order valence-corrected chi connectivity index (χ3v) is 5.33. The van der Waals surface area contributed by atoms with Crippen LogP contribution in [0.5, 0.6) is 0 Å². The van der Waals surface area contributed by atoms with Crippen molar-refractivity contribution in [2.24, 2.45) is 7.05 Å². The van der Waals surface area contributed by atoms with Crippen molar-refractivity contribution in [1.29, 1.82) is 0 Å². The van der Waals surface area contributed by atoms with Gasteiger partial charge in [0.1, 0.15) is 5.82 Å². The number of thioether (sulfide) groups is 1. The van der Waals surface area contributed by atoms with Gasteiger partial charge in [-0.2, -0.15) is 0 Å². The number of benzene rings is 2. The molecule has 0 saturated heterocycles. The number of carbonyl (C=O) groups excluding carboxylic acids is 1. The molecule has 7 heteroatoms. The lowest BCUT2D eigenvalue weighted by atomic mass is 10.2. The third kappa shape index (κ3) is 3.36. The predicted molar refractivity (Wildman–Crippen MR) is 108 cm³/mol. The van der Waals surface area contributed by atoms with E-state index in [9.17, 15) is 14.0 Å². The summed E-state index contributed by atoms with van der Waals surface area (Å²) in [5, 5.41) is 0.850. The normalized spacial score (nSPS) is 11.1. The second-order valence-electron chi connectivity index (χ2n) is 6.24. The summed E-state index contributed by atoms with van der Waals surface area (Å²) in [6.45, 7) is 0. The van der Waals surface area contributed by atoms with Crippen molar-refractivity contribution in [3.05, 3.63) is 88.7 Å². The Morgan fingerprint density at radius 2 is 1.82 bits per heavy atom. The molecule has 0 aliphatic rings. The van der Waals surface area contributed by atoms with Gasteiger partial charge >= 0.3 is 0 Å². The van der Waals surface area contributed by atoms with Crippen LogP contribution in [0.1, 0.15) is 10.5 Å². The van der Waals surface area contributed by atoms with Gasteiger partial charge in [0, 0.05) is 13.2 Å². The Labute approximate surface area is 164 Å². The average molecular weight is 393 g/mol. The maximum Gasteiger partial charge on any atom is 0.266 e. The highest BCUT2D eigenvalue weighted by atomic mass is 32.2. The number of fused-ring (bicyclic) bond motifs is 1. The zero-order valence-corrected chi connectivity index (χ0v) is 15.8. The second kappa shape index (κ2) is 7.44. The van der Waals surface area contributed by atoms with Gasteiger partial charge in [0.05, 0.1) is 28.0 Å². The summed E-state index contributed by atoms with van der Waals surface area (Å²) in [6, 6.07) is 16.2. The van der Waals surface area contributed by atoms with E-state index in [4.69, 9.17) is 0 Å². The summed E-state index contributed by atoms with van der Waals surface area (Å²) in [5.41, 5.74) is 1.38. The highest BCUT2D eigenvalue weighted by Crippen LogP contribution is 2.22. The van der Waals surface area contributed by atoms with Gasteiger partial charge in [0.2, 0.25) is 0 Å². The molecule has 0 aliphatic carbocycles. The molecule has 2 aromatic carbocycles. The molecule has 140 valence electrons. The van der Waals surface area contributed by atoms with Crippen molar-refractivity contribution >= 4 is 28.4 Å². The van der Waals surface area contributed by atoms with E-state index in [1.54, 1.807) is 54.2 Å². The van der Waals surface area contributed by atoms with Gasteiger partial charge in [-0.15, -0.1) is 0 Å². The number of nitrogens with zero attached hydrogens (tertiary/aromatic N) is 3. The molecule has 0 spiro atoms. The standard InChI is InChI=1S/C21H16FN3O2S/c1-24-12-4-7-18(24)19(26)13-28-21-23-17-6-3-2-5-16(17)20(27)25(21)15-10-8-14(22)9-11-15/h2-12H,13H2,1H3. The van der Waals surface area contributed by atoms with E-state index in [2.05, 4.69) is 4.98 Å². The van der Waals surface area contributed by atoms with Gasteiger partial charge in [-0.1, -0.05) is 23.9 Å². The lowest BCUT2D eigenvalue weighted by Crippen LogP contribution is -2.22. The minimum Gasteiger partial charge on any atom is -0.348 e. The zero-order chi connectivity index (χ0) is 19.7. The lowest BCUT2D eigenvalue weighted by molar-refractivity contribution is 0.101. The smallest absolute Gasteiger partial charge is 0.266 e. The quantitative estimate of drug-likeness (QED) is 0.294. The van der Waals surface area contributed by atoms with Crippen molar-refractivity contribution in [2.75, 3.05) is 5.75 Å². The number of ketones is 1. The molecule has 4 rings (SSSR count). The average Bonchev–Trinajstić information content (AvgIpc) is 3.13. The first kappa shape index (κ1) is 18.2. The van der Waals surface area contributed by atoms with Crippen molar-refractivity contribution in [3.63, 3.8) is 0 Å². The second-order valence-corrected chi connectivity index (χ2v) is 7.19. The van der Waals surface area contributed by atoms with Crippen molar-refractivity contribution in [1.82, 2.24) is 14.1 Å². The van der Waals surface area contributed by atoms with Crippen LogP contribution in [0.25, 0.3) is 16.6 Å². The molecule has 4 aromatic rings. The number of aryl methyl sites for hydroxylation is 1. The Hall–Kier alpha value is -3.19. The first-order chi connectivity index (χ1) is 13.5. The van der Waals surface area contributed by atoms with Crippen LogP contribution in [0.2, 0.25) is 0 Å². The molecule has 0 fully saturated rings. The van der Waals surface area contributed by atoms with E-state index in [1.807, 2.05) is 0 Å². The minimum absolute atomic E-state index is 0.0643. The van der Waals surface area contributed by atoms with Crippen LogP contribution in [-0.2, 0) is 7.05 Å². The zero-order valence-electron chi connectivity index (χ0n) is 15.0. The predicted octanol–water partition coefficient (Wildman–Crippen LogP) is 3.84. The van der Waals surface area contributed by atoms with E-state index >= 15 is 0 Å². The van der Waals surface area contributed by atoms with Gasteiger partial charge in [0.15, 0.2) is 10.9 Å². The molecule has 2 aromatic heterocycles. The molecule has 0 amide bonds. The fourth-order valence-electron chi connectivity index (χ4n) is 2.98. The monoisotopic (exact) mass is 393 g/mol. The molecule has 28 heavy (non-hydrogen) atoms. The molecule has 0 unspecified atom stereocenters. The maximum atomic E-state index is 13.4. The molecular weight excluding hydrogens is 377 g/mol. The first-order valence-corrected chi connectivity index (χ1v) is 9.58. The summed E-state index contributed by atoms with van der Waals surface area (Å²) in [4.78, 5) is 30.2. The SMILES string of the molecule is Cn1cccc1C(=O)CSc1nc2ccccc2c(=O)n1-c1ccc(F)cc1. The fourth-order valence-corrected chi connectivity index (χ4v) is 3.87. The fraction of sp³-hybridized carbons (Fsp3) is 0.0952. The van der Waals surface area contributed by atoms with E-state index in [1.165, 1.54) is 40.6 Å². The number of hydrogen-bond donors (Lipinski definition) is 0. The van der Waals surface area contributed by atoms with Crippen molar-refractivity contribution in [2.45, 2.75) is 5.16 Å². The number of Topliss-reactive ketones (excluding diaryl/α,β-unsaturated/α-hetero) is 1. The number of para-hydroxylation sites is 1. The van der Waals surface area contributed by atoms with Crippen LogP contribution < -0.4 is 5.56 Å². The largest absolute Gasteiger partial charge is 0.348 e. The third-order valence-electron chi connectivity index (χ3n) is 4.39. The maximum absolute atomic E-state index is 13.4. The molecular formula is C21H16FN3O2S. The van der Waals surface area contributed by atoms with Gasteiger partial charge in [-0.3, -0.25) is 14.2 Å². The van der Waals surface area contributed by atoms with Gasteiger partial charge in [0.25, 0.3) is 5.56 Å². The van der Waals surface area contributed by atoms with E-state index in [0.29, 0.717) is 27.4 Å². The van der Waals surface area contributed by atoms with Crippen molar-refractivity contribution in [3.8, 4) is 5.69 Å². The molecule has 0 atom stereocenters. The first-order valence-electron chi connectivity index (χ1n) is 8.59. The van der Waals surface area contributed by atoms with Gasteiger partial charge < -0.3 is 4.57 Å². The molecule has 0 bridgehead atoms. The number of rotatable bonds is 5. The Balaban J connectivity index is 1.78. The summed E-state index contributed by atoms with van der Waals surface area (Å²) >= 11 is 1.19. The van der Waals surface area contributed by atoms with Gasteiger partial charge in [-0.05, 0) is 48.5 Å². The van der Waals surface area contributed by atoms with Crippen LogP contribution in [0, 0.1) is 5.82 Å². The van der Waals surface area contributed by atoms with E-state index in [-0.39, 0.29) is 17.1 Å².